The summed E-state index contributed by atoms with van der Waals surface area (Å²) >= 11 is 0. The molecule has 2 heterocycles. The lowest BCUT2D eigenvalue weighted by atomic mass is 9.79. The van der Waals surface area contributed by atoms with E-state index in [0.717, 1.165) is 19.3 Å². The number of fused-ring (bicyclic) bond motifs is 3. The van der Waals surface area contributed by atoms with Crippen LogP contribution in [0.1, 0.15) is 64.0 Å². The van der Waals surface area contributed by atoms with Crippen molar-refractivity contribution in [3.8, 4) is 11.3 Å². The van der Waals surface area contributed by atoms with Crippen LogP contribution in [-0.2, 0) is 12.0 Å². The van der Waals surface area contributed by atoms with Gasteiger partial charge >= 0.3 is 0 Å². The first-order valence-electron chi connectivity index (χ1n) is 9.52. The van der Waals surface area contributed by atoms with E-state index in [1.807, 2.05) is 0 Å². The Balaban J connectivity index is 2.19. The highest BCUT2D eigenvalue weighted by molar-refractivity contribution is 5.67. The van der Waals surface area contributed by atoms with Gasteiger partial charge in [-0.25, -0.2) is 0 Å². The number of rotatable bonds is 7. The maximum atomic E-state index is 4.52. The molecule has 1 atom stereocenters. The van der Waals surface area contributed by atoms with Crippen molar-refractivity contribution in [2.75, 3.05) is 0 Å². The van der Waals surface area contributed by atoms with Crippen molar-refractivity contribution in [2.45, 2.75) is 64.8 Å². The first kappa shape index (κ1) is 17.0. The number of aryl methyl sites for hydroxylation is 1. The normalized spacial score (nSPS) is 18.3. The Kier molecular flexibility index (Phi) is 4.89. The number of hydrogen-bond acceptors (Lipinski definition) is 0. The van der Waals surface area contributed by atoms with E-state index >= 15 is 0 Å². The summed E-state index contributed by atoms with van der Waals surface area (Å²) in [5.41, 5.74) is 6.88. The van der Waals surface area contributed by atoms with Gasteiger partial charge in [-0.05, 0) is 36.5 Å². The Morgan fingerprint density at radius 3 is 2.58 bits per heavy atom. The van der Waals surface area contributed by atoms with Crippen LogP contribution in [0.2, 0.25) is 0 Å². The number of benzene rings is 1. The van der Waals surface area contributed by atoms with Crippen LogP contribution in [0, 0.1) is 0 Å². The van der Waals surface area contributed by atoms with E-state index in [-0.39, 0.29) is 5.54 Å². The SMILES string of the molecule is C=C(CCC)C1(CC)c2ccccc2-c2cc(CCCC)cc[n+]21. The first-order valence-corrected chi connectivity index (χ1v) is 9.52. The molecular weight excluding hydrogens is 290 g/mol. The van der Waals surface area contributed by atoms with Crippen molar-refractivity contribution in [1.82, 2.24) is 0 Å². The number of nitrogens with zero attached hydrogens (tertiary/aromatic N) is 1. The van der Waals surface area contributed by atoms with Gasteiger partial charge in [0.1, 0.15) is 0 Å². The molecule has 1 aliphatic rings. The number of pyridine rings is 1. The lowest BCUT2D eigenvalue weighted by Gasteiger charge is -2.27. The molecular formula is C23H30N+. The molecule has 0 aliphatic carbocycles. The summed E-state index contributed by atoms with van der Waals surface area (Å²) in [4.78, 5) is 0. The molecule has 2 aromatic rings. The van der Waals surface area contributed by atoms with Crippen LogP contribution in [0.5, 0.6) is 0 Å². The fourth-order valence-corrected chi connectivity index (χ4v) is 4.30. The Bertz CT molecular complexity index is 743. The Morgan fingerprint density at radius 2 is 1.88 bits per heavy atom. The highest BCUT2D eigenvalue weighted by Crippen LogP contribution is 2.44. The molecule has 0 N–H and O–H groups in total. The van der Waals surface area contributed by atoms with Gasteiger partial charge in [0.05, 0.1) is 5.56 Å². The van der Waals surface area contributed by atoms with E-state index in [4.69, 9.17) is 0 Å². The largest absolute Gasteiger partial charge is 0.215 e. The molecule has 1 nitrogen and oxygen atoms in total. The monoisotopic (exact) mass is 320 g/mol. The molecule has 126 valence electrons. The summed E-state index contributed by atoms with van der Waals surface area (Å²) in [5.74, 6) is 0. The fraction of sp³-hybridized carbons (Fsp3) is 0.435. The number of unbranched alkanes of at least 4 members (excludes halogenated alkanes) is 1. The number of hydrogen-bond donors (Lipinski definition) is 0. The minimum Gasteiger partial charge on any atom is -0.184 e. The standard InChI is InChI=1S/C23H30N/c1-5-8-12-19-15-16-24-22(17-19)20-13-9-10-14-21(20)23(24,7-3)18(4)11-6-2/h9-10,13-17H,4-8,11-12H2,1-3H3/q+1. The molecule has 0 spiro atoms. The topological polar surface area (TPSA) is 3.88 Å². The molecule has 0 saturated heterocycles. The summed E-state index contributed by atoms with van der Waals surface area (Å²) in [6, 6.07) is 13.6. The summed E-state index contributed by atoms with van der Waals surface area (Å²) in [5, 5.41) is 0. The first-order chi connectivity index (χ1) is 11.7. The molecule has 1 aromatic carbocycles. The molecule has 1 unspecified atom stereocenters. The average Bonchev–Trinajstić information content (AvgIpc) is 2.90. The van der Waals surface area contributed by atoms with Crippen molar-refractivity contribution in [2.24, 2.45) is 0 Å². The second-order valence-electron chi connectivity index (χ2n) is 7.01. The van der Waals surface area contributed by atoms with E-state index in [2.05, 4.69) is 74.5 Å². The fourth-order valence-electron chi connectivity index (χ4n) is 4.30. The van der Waals surface area contributed by atoms with E-state index < -0.39 is 0 Å². The lowest BCUT2D eigenvalue weighted by molar-refractivity contribution is -0.730. The lowest BCUT2D eigenvalue weighted by Crippen LogP contribution is -2.55. The van der Waals surface area contributed by atoms with Gasteiger partial charge in [-0.2, -0.15) is 4.57 Å². The molecule has 0 bridgehead atoms. The molecule has 1 aromatic heterocycles. The van der Waals surface area contributed by atoms with Gasteiger partial charge in [-0.3, -0.25) is 0 Å². The van der Waals surface area contributed by atoms with E-state index in [1.54, 1.807) is 0 Å². The van der Waals surface area contributed by atoms with Crippen molar-refractivity contribution in [3.63, 3.8) is 0 Å². The average molecular weight is 321 g/mol. The van der Waals surface area contributed by atoms with Crippen LogP contribution in [-0.4, -0.2) is 0 Å². The van der Waals surface area contributed by atoms with Crippen LogP contribution in [0.3, 0.4) is 0 Å². The van der Waals surface area contributed by atoms with Gasteiger partial charge in [0.25, 0.3) is 0 Å². The molecule has 0 amide bonds. The van der Waals surface area contributed by atoms with Gasteiger partial charge in [-0.15, -0.1) is 0 Å². The van der Waals surface area contributed by atoms with Crippen LogP contribution in [0.25, 0.3) is 11.3 Å². The highest BCUT2D eigenvalue weighted by Gasteiger charge is 2.51. The van der Waals surface area contributed by atoms with Gasteiger partial charge in [0.15, 0.2) is 6.20 Å². The van der Waals surface area contributed by atoms with Gasteiger partial charge < -0.3 is 0 Å². The van der Waals surface area contributed by atoms with Crippen LogP contribution >= 0.6 is 0 Å². The van der Waals surface area contributed by atoms with Crippen LogP contribution in [0.4, 0.5) is 0 Å². The van der Waals surface area contributed by atoms with E-state index in [9.17, 15) is 0 Å². The molecule has 1 heteroatoms. The zero-order valence-electron chi connectivity index (χ0n) is 15.4. The zero-order valence-corrected chi connectivity index (χ0v) is 15.4. The molecule has 1 aliphatic heterocycles. The van der Waals surface area contributed by atoms with Crippen LogP contribution < -0.4 is 4.57 Å². The summed E-state index contributed by atoms with van der Waals surface area (Å²) in [6.07, 6.45) is 9.25. The molecule has 0 saturated carbocycles. The van der Waals surface area contributed by atoms with Crippen molar-refractivity contribution >= 4 is 0 Å². The second-order valence-corrected chi connectivity index (χ2v) is 7.01. The predicted molar refractivity (Wildman–Crippen MR) is 102 cm³/mol. The Labute approximate surface area is 147 Å². The van der Waals surface area contributed by atoms with Crippen molar-refractivity contribution in [3.05, 3.63) is 65.9 Å². The highest BCUT2D eigenvalue weighted by atomic mass is 15.1. The molecule has 3 rings (SSSR count). The minimum atomic E-state index is -0.0782. The van der Waals surface area contributed by atoms with Gasteiger partial charge in [0.2, 0.25) is 11.2 Å². The summed E-state index contributed by atoms with van der Waals surface area (Å²) < 4.78 is 2.49. The summed E-state index contributed by atoms with van der Waals surface area (Å²) in [7, 11) is 0. The third-order valence-corrected chi connectivity index (χ3v) is 5.55. The smallest absolute Gasteiger partial charge is 0.184 e. The van der Waals surface area contributed by atoms with Gasteiger partial charge in [-0.1, -0.05) is 58.4 Å². The molecule has 0 fully saturated rings. The van der Waals surface area contributed by atoms with Crippen molar-refractivity contribution in [1.29, 1.82) is 0 Å². The minimum absolute atomic E-state index is 0.0782. The Hall–Kier alpha value is -1.89. The summed E-state index contributed by atoms with van der Waals surface area (Å²) in [6.45, 7) is 11.3. The number of allylic oxidation sites excluding steroid dienone is 1. The Morgan fingerprint density at radius 1 is 1.08 bits per heavy atom. The second kappa shape index (κ2) is 6.93. The van der Waals surface area contributed by atoms with E-state index in [1.165, 1.54) is 47.2 Å². The third-order valence-electron chi connectivity index (χ3n) is 5.55. The maximum Gasteiger partial charge on any atom is 0.215 e. The predicted octanol–water partition coefficient (Wildman–Crippen LogP) is 5.81. The third kappa shape index (κ3) is 2.51. The molecule has 0 radical (unpaired) electrons. The van der Waals surface area contributed by atoms with Crippen molar-refractivity contribution < 1.29 is 4.57 Å². The maximum absolute atomic E-state index is 4.52. The quantitative estimate of drug-likeness (QED) is 0.448. The van der Waals surface area contributed by atoms with Gasteiger partial charge in [0, 0.05) is 24.1 Å². The van der Waals surface area contributed by atoms with E-state index in [0.29, 0.717) is 0 Å². The zero-order chi connectivity index (χ0) is 17.2. The molecule has 24 heavy (non-hydrogen) atoms. The van der Waals surface area contributed by atoms with Crippen LogP contribution in [0.15, 0.2) is 54.7 Å². The number of aromatic nitrogens is 1.